The van der Waals surface area contributed by atoms with E-state index in [1.165, 1.54) is 4.57 Å². The third kappa shape index (κ3) is 2.76. The predicted octanol–water partition coefficient (Wildman–Crippen LogP) is 2.29. The van der Waals surface area contributed by atoms with Gasteiger partial charge in [-0.3, -0.25) is 14.3 Å². The number of fused-ring (bicyclic) bond motifs is 3. The number of benzene rings is 2. The summed E-state index contributed by atoms with van der Waals surface area (Å²) in [7, 11) is 1.64. The number of rotatable bonds is 4. The fourth-order valence-corrected chi connectivity index (χ4v) is 3.83. The number of hydrogen-bond acceptors (Lipinski definition) is 4. The third-order valence-electron chi connectivity index (χ3n) is 5.42. The summed E-state index contributed by atoms with van der Waals surface area (Å²) in [4.78, 5) is 27.5. The Labute approximate surface area is 171 Å². The number of nitrogens with zero attached hydrogens (tertiary/aromatic N) is 5. The van der Waals surface area contributed by atoms with Gasteiger partial charge in [0.2, 0.25) is 5.78 Å². The zero-order valence-electron chi connectivity index (χ0n) is 16.7. The van der Waals surface area contributed by atoms with Crippen LogP contribution in [0.2, 0.25) is 0 Å². The van der Waals surface area contributed by atoms with Crippen LogP contribution in [0.25, 0.3) is 28.3 Å². The summed E-state index contributed by atoms with van der Waals surface area (Å²) in [5.74, 6) is 1.12. The van der Waals surface area contributed by atoms with Crippen molar-refractivity contribution in [2.75, 3.05) is 0 Å². The van der Waals surface area contributed by atoms with Gasteiger partial charge in [-0.05, 0) is 18.9 Å². The number of aryl methyl sites for hydroxylation is 4. The van der Waals surface area contributed by atoms with E-state index in [2.05, 4.69) is 15.2 Å². The summed E-state index contributed by atoms with van der Waals surface area (Å²) in [5, 5.41) is 8.77. The molecule has 1 N–H and O–H groups in total. The van der Waals surface area contributed by atoms with Gasteiger partial charge in [0.25, 0.3) is 5.56 Å². The minimum atomic E-state index is -0.474. The monoisotopic (exact) mass is 400 g/mol. The molecule has 5 aromatic rings. The lowest BCUT2D eigenvalue weighted by atomic mass is 10.1. The molecule has 0 atom stereocenters. The summed E-state index contributed by atoms with van der Waals surface area (Å²) in [5.41, 5.74) is 3.13. The fourth-order valence-electron chi connectivity index (χ4n) is 3.83. The van der Waals surface area contributed by atoms with Crippen LogP contribution >= 0.6 is 0 Å². The molecule has 0 bridgehead atoms. The van der Waals surface area contributed by atoms with Crippen molar-refractivity contribution >= 4 is 16.9 Å². The summed E-state index contributed by atoms with van der Waals surface area (Å²) >= 11 is 0. The molecule has 3 aromatic heterocycles. The molecule has 0 aliphatic heterocycles. The van der Waals surface area contributed by atoms with Crippen LogP contribution in [0.15, 0.2) is 64.2 Å². The molecule has 0 fully saturated rings. The average Bonchev–Trinajstić information content (AvgIpc) is 3.31. The quantitative estimate of drug-likeness (QED) is 0.501. The molecule has 0 saturated carbocycles. The highest BCUT2D eigenvalue weighted by Crippen LogP contribution is 2.24. The molecule has 2 aromatic carbocycles. The molecule has 5 rings (SSSR count). The van der Waals surface area contributed by atoms with Gasteiger partial charge in [-0.15, -0.1) is 10.2 Å². The molecular formula is C22H20N6O2. The van der Waals surface area contributed by atoms with Crippen LogP contribution in [-0.2, 0) is 20.0 Å². The minimum absolute atomic E-state index is 0.409. The first-order valence-corrected chi connectivity index (χ1v) is 9.72. The SMILES string of the molecule is Cc1ccc(-c2nnc3n(CCc4ccccc4)c4c(=O)[nH]c(=O)n(C)c4n23)cc1. The molecule has 0 saturated heterocycles. The van der Waals surface area contributed by atoms with Crippen LogP contribution in [0.1, 0.15) is 11.1 Å². The summed E-state index contributed by atoms with van der Waals surface area (Å²) < 4.78 is 5.07. The first kappa shape index (κ1) is 18.1. The van der Waals surface area contributed by atoms with Crippen LogP contribution in [0, 0.1) is 6.92 Å². The van der Waals surface area contributed by atoms with Crippen LogP contribution in [0.4, 0.5) is 0 Å². The zero-order chi connectivity index (χ0) is 20.8. The maximum Gasteiger partial charge on any atom is 0.329 e. The zero-order valence-corrected chi connectivity index (χ0v) is 16.7. The number of H-pyrrole nitrogens is 1. The van der Waals surface area contributed by atoms with Gasteiger partial charge in [0.1, 0.15) is 0 Å². The van der Waals surface area contributed by atoms with Crippen molar-refractivity contribution in [3.05, 3.63) is 86.6 Å². The highest BCUT2D eigenvalue weighted by molar-refractivity contribution is 5.79. The van der Waals surface area contributed by atoms with Gasteiger partial charge in [0.05, 0.1) is 0 Å². The van der Waals surface area contributed by atoms with E-state index in [9.17, 15) is 9.59 Å². The Morgan fingerprint density at radius 3 is 2.43 bits per heavy atom. The highest BCUT2D eigenvalue weighted by atomic mass is 16.2. The van der Waals surface area contributed by atoms with Gasteiger partial charge in [0.15, 0.2) is 17.0 Å². The molecule has 0 unspecified atom stereocenters. The number of nitrogens with one attached hydrogen (secondary N) is 1. The molecule has 0 amide bonds. The van der Waals surface area contributed by atoms with Crippen LogP contribution in [0.5, 0.6) is 0 Å². The molecule has 0 aliphatic carbocycles. The van der Waals surface area contributed by atoms with Gasteiger partial charge in [-0.1, -0.05) is 60.2 Å². The van der Waals surface area contributed by atoms with Gasteiger partial charge >= 0.3 is 5.69 Å². The Morgan fingerprint density at radius 1 is 0.967 bits per heavy atom. The molecular weight excluding hydrogens is 380 g/mol. The average molecular weight is 400 g/mol. The Balaban J connectivity index is 1.79. The second kappa shape index (κ2) is 6.84. The van der Waals surface area contributed by atoms with E-state index in [0.29, 0.717) is 29.3 Å². The van der Waals surface area contributed by atoms with Gasteiger partial charge in [0, 0.05) is 19.2 Å². The molecule has 3 heterocycles. The molecule has 150 valence electrons. The van der Waals surface area contributed by atoms with Crippen LogP contribution in [-0.4, -0.2) is 28.7 Å². The van der Waals surface area contributed by atoms with Crippen LogP contribution in [0.3, 0.4) is 0 Å². The van der Waals surface area contributed by atoms with Crippen molar-refractivity contribution in [2.45, 2.75) is 19.9 Å². The first-order chi connectivity index (χ1) is 14.5. The van der Waals surface area contributed by atoms with Crippen molar-refractivity contribution < 1.29 is 0 Å². The van der Waals surface area contributed by atoms with Crippen molar-refractivity contribution in [2.24, 2.45) is 7.05 Å². The lowest BCUT2D eigenvalue weighted by Crippen LogP contribution is -2.29. The number of aromatic nitrogens is 6. The maximum absolute atomic E-state index is 12.8. The molecule has 30 heavy (non-hydrogen) atoms. The first-order valence-electron chi connectivity index (χ1n) is 9.72. The molecule has 8 heteroatoms. The Bertz CT molecular complexity index is 1490. The summed E-state index contributed by atoms with van der Waals surface area (Å²) in [6, 6.07) is 18.0. The van der Waals surface area contributed by atoms with Gasteiger partial charge < -0.3 is 4.57 Å². The normalized spacial score (nSPS) is 11.5. The summed E-state index contributed by atoms with van der Waals surface area (Å²) in [6.07, 6.45) is 0.718. The Morgan fingerprint density at radius 2 is 1.70 bits per heavy atom. The van der Waals surface area contributed by atoms with E-state index in [0.717, 1.165) is 23.1 Å². The van der Waals surface area contributed by atoms with Gasteiger partial charge in [-0.25, -0.2) is 9.20 Å². The maximum atomic E-state index is 12.8. The van der Waals surface area contributed by atoms with E-state index in [1.807, 2.05) is 66.1 Å². The lowest BCUT2D eigenvalue weighted by Gasteiger charge is -2.05. The van der Waals surface area contributed by atoms with E-state index in [1.54, 1.807) is 11.4 Å². The number of imidazole rings is 1. The Kier molecular flexibility index (Phi) is 4.13. The van der Waals surface area contributed by atoms with E-state index < -0.39 is 11.2 Å². The number of hydrogen-bond donors (Lipinski definition) is 1. The van der Waals surface area contributed by atoms with Crippen molar-refractivity contribution in [1.29, 1.82) is 0 Å². The minimum Gasteiger partial charge on any atom is -0.302 e. The molecule has 0 aliphatic rings. The van der Waals surface area contributed by atoms with E-state index in [-0.39, 0.29) is 0 Å². The van der Waals surface area contributed by atoms with Crippen molar-refractivity contribution in [1.82, 2.24) is 28.7 Å². The van der Waals surface area contributed by atoms with E-state index >= 15 is 0 Å². The Hall–Kier alpha value is -3.94. The largest absolute Gasteiger partial charge is 0.329 e. The molecule has 0 spiro atoms. The smallest absolute Gasteiger partial charge is 0.302 e. The topological polar surface area (TPSA) is 90.0 Å². The van der Waals surface area contributed by atoms with Crippen LogP contribution < -0.4 is 11.2 Å². The van der Waals surface area contributed by atoms with Gasteiger partial charge in [-0.2, -0.15) is 0 Å². The predicted molar refractivity (Wildman–Crippen MR) is 115 cm³/mol. The standard InChI is InChI=1S/C22H20N6O2/c1-14-8-10-16(11-9-14)18-24-25-21-27(13-12-15-6-4-3-5-7-15)17-19(29)23-22(30)26(2)20(17)28(18)21/h3-11H,12-13H2,1-2H3,(H,23,29,30). The lowest BCUT2D eigenvalue weighted by molar-refractivity contribution is 0.724. The second-order valence-corrected chi connectivity index (χ2v) is 7.40. The molecule has 0 radical (unpaired) electrons. The van der Waals surface area contributed by atoms with E-state index in [4.69, 9.17) is 0 Å². The van der Waals surface area contributed by atoms with Crippen molar-refractivity contribution in [3.63, 3.8) is 0 Å². The second-order valence-electron chi connectivity index (χ2n) is 7.40. The summed E-state index contributed by atoms with van der Waals surface area (Å²) in [6.45, 7) is 2.55. The highest BCUT2D eigenvalue weighted by Gasteiger charge is 2.22. The molecule has 8 nitrogen and oxygen atoms in total. The third-order valence-corrected chi connectivity index (χ3v) is 5.42. The number of aromatic amines is 1. The van der Waals surface area contributed by atoms with Crippen molar-refractivity contribution in [3.8, 4) is 11.4 Å². The fraction of sp³-hybridized carbons (Fsp3) is 0.182.